The quantitative estimate of drug-likeness (QED) is 0.339. The summed E-state index contributed by atoms with van der Waals surface area (Å²) in [5.74, 6) is 0.553. The minimum Gasteiger partial charge on any atom is -0.386 e. The van der Waals surface area contributed by atoms with Crippen molar-refractivity contribution in [1.82, 2.24) is 15.4 Å². The molecule has 3 rings (SSSR count). The van der Waals surface area contributed by atoms with Crippen LogP contribution in [-0.4, -0.2) is 40.1 Å². The molecule has 1 atom stereocenters. The number of benzene rings is 2. The summed E-state index contributed by atoms with van der Waals surface area (Å²) >= 11 is 1.58. The molecule has 7 nitrogen and oxygen atoms in total. The van der Waals surface area contributed by atoms with Crippen LogP contribution in [0, 0.1) is 0 Å². The average Bonchev–Trinajstić information content (AvgIpc) is 3.18. The van der Waals surface area contributed by atoms with Crippen LogP contribution in [0.2, 0.25) is 0 Å². The summed E-state index contributed by atoms with van der Waals surface area (Å²) in [6.45, 7) is 0.796. The fourth-order valence-corrected chi connectivity index (χ4v) is 4.55. The fraction of sp³-hybridized carbons (Fsp3) is 0.250. The first-order chi connectivity index (χ1) is 13.9. The van der Waals surface area contributed by atoms with Gasteiger partial charge >= 0.3 is 0 Å². The van der Waals surface area contributed by atoms with Crippen molar-refractivity contribution in [3.63, 3.8) is 0 Å². The Bertz CT molecular complexity index is 1060. The zero-order chi connectivity index (χ0) is 20.9. The van der Waals surface area contributed by atoms with Gasteiger partial charge in [0.1, 0.15) is 6.10 Å². The second-order valence-corrected chi connectivity index (χ2v) is 9.36. The molecule has 0 saturated carbocycles. The first-order valence-electron chi connectivity index (χ1n) is 9.06. The lowest BCUT2D eigenvalue weighted by molar-refractivity contribution is 0.184. The molecule has 0 aliphatic rings. The van der Waals surface area contributed by atoms with Crippen LogP contribution in [0.15, 0.2) is 64.5 Å². The van der Waals surface area contributed by atoms with E-state index in [2.05, 4.69) is 20.3 Å². The molecule has 0 fully saturated rings. The van der Waals surface area contributed by atoms with Gasteiger partial charge in [-0.25, -0.2) is 13.1 Å². The Labute approximate surface area is 174 Å². The Morgan fingerprint density at radius 3 is 2.52 bits per heavy atom. The lowest BCUT2D eigenvalue weighted by Gasteiger charge is -2.15. The third-order valence-corrected chi connectivity index (χ3v) is 7.07. The van der Waals surface area contributed by atoms with E-state index in [0.29, 0.717) is 19.0 Å². The summed E-state index contributed by atoms with van der Waals surface area (Å²) in [6.07, 6.45) is -0.642. The normalized spacial score (nSPS) is 13.4. The van der Waals surface area contributed by atoms with Gasteiger partial charge in [0.2, 0.25) is 10.0 Å². The standard InChI is InChI=1S/C20H24N4O3S2/c1-21-20(23-12-14-7-9-16(10-8-14)29(26,27)22-2)24-13-17(25)19-11-15-5-3-4-6-18(15)28-19/h3-11,17,22,25H,12-13H2,1-2H3,(H2,21,23,24). The molecule has 2 aromatic carbocycles. The van der Waals surface area contributed by atoms with E-state index in [1.807, 2.05) is 30.3 Å². The zero-order valence-corrected chi connectivity index (χ0v) is 17.8. The second kappa shape index (κ2) is 9.36. The van der Waals surface area contributed by atoms with Crippen molar-refractivity contribution in [2.75, 3.05) is 20.6 Å². The molecule has 0 spiro atoms. The van der Waals surface area contributed by atoms with Crippen LogP contribution in [0.5, 0.6) is 0 Å². The maximum absolute atomic E-state index is 11.8. The number of guanidine groups is 1. The van der Waals surface area contributed by atoms with Crippen LogP contribution in [0.4, 0.5) is 0 Å². The van der Waals surface area contributed by atoms with E-state index in [-0.39, 0.29) is 4.90 Å². The lowest BCUT2D eigenvalue weighted by Crippen LogP contribution is -2.38. The summed E-state index contributed by atoms with van der Waals surface area (Å²) in [4.78, 5) is 5.28. The van der Waals surface area contributed by atoms with Crippen molar-refractivity contribution in [2.45, 2.75) is 17.5 Å². The molecular weight excluding hydrogens is 408 g/mol. The Morgan fingerprint density at radius 2 is 1.86 bits per heavy atom. The van der Waals surface area contributed by atoms with Gasteiger partial charge < -0.3 is 15.7 Å². The minimum absolute atomic E-state index is 0.220. The monoisotopic (exact) mass is 432 g/mol. The summed E-state index contributed by atoms with van der Waals surface area (Å²) in [5, 5.41) is 17.9. The van der Waals surface area contributed by atoms with E-state index in [9.17, 15) is 13.5 Å². The number of nitrogens with one attached hydrogen (secondary N) is 3. The van der Waals surface area contributed by atoms with Crippen LogP contribution in [-0.2, 0) is 16.6 Å². The van der Waals surface area contributed by atoms with E-state index in [4.69, 9.17) is 0 Å². The maximum Gasteiger partial charge on any atom is 0.240 e. The van der Waals surface area contributed by atoms with Gasteiger partial charge in [0.15, 0.2) is 5.96 Å². The van der Waals surface area contributed by atoms with Gasteiger partial charge in [-0.15, -0.1) is 11.3 Å². The predicted molar refractivity (Wildman–Crippen MR) is 118 cm³/mol. The largest absolute Gasteiger partial charge is 0.386 e. The second-order valence-electron chi connectivity index (χ2n) is 6.36. The Morgan fingerprint density at radius 1 is 1.14 bits per heavy atom. The molecule has 0 aliphatic carbocycles. The Hall–Kier alpha value is -2.46. The zero-order valence-electron chi connectivity index (χ0n) is 16.2. The van der Waals surface area contributed by atoms with E-state index < -0.39 is 16.1 Å². The highest BCUT2D eigenvalue weighted by Crippen LogP contribution is 2.29. The summed E-state index contributed by atoms with van der Waals surface area (Å²) in [5.41, 5.74) is 0.910. The number of aliphatic hydroxyl groups excluding tert-OH is 1. The highest BCUT2D eigenvalue weighted by molar-refractivity contribution is 7.89. The third kappa shape index (κ3) is 5.33. The number of aliphatic hydroxyl groups is 1. The SMILES string of the molecule is CN=C(NCc1ccc(S(=O)(=O)NC)cc1)NCC(O)c1cc2ccccc2s1. The summed E-state index contributed by atoms with van der Waals surface area (Å²) < 4.78 is 27.0. The Kier molecular flexibility index (Phi) is 6.86. The van der Waals surface area contributed by atoms with Gasteiger partial charge in [0, 0.05) is 29.7 Å². The number of thiophene rings is 1. The van der Waals surface area contributed by atoms with Gasteiger partial charge in [-0.3, -0.25) is 4.99 Å². The number of fused-ring (bicyclic) bond motifs is 1. The number of nitrogens with zero attached hydrogens (tertiary/aromatic N) is 1. The van der Waals surface area contributed by atoms with Crippen molar-refractivity contribution in [3.8, 4) is 0 Å². The van der Waals surface area contributed by atoms with Crippen molar-refractivity contribution >= 4 is 37.4 Å². The van der Waals surface area contributed by atoms with Crippen LogP contribution in [0.1, 0.15) is 16.5 Å². The first-order valence-corrected chi connectivity index (χ1v) is 11.4. The van der Waals surface area contributed by atoms with Gasteiger partial charge in [-0.1, -0.05) is 30.3 Å². The molecule has 3 aromatic rings. The summed E-state index contributed by atoms with van der Waals surface area (Å²) in [7, 11) is -0.399. The van der Waals surface area contributed by atoms with Crippen molar-refractivity contribution in [2.24, 2.45) is 4.99 Å². The Balaban J connectivity index is 1.54. The topological polar surface area (TPSA) is 103 Å². The third-order valence-electron chi connectivity index (χ3n) is 4.42. The molecule has 0 bridgehead atoms. The van der Waals surface area contributed by atoms with E-state index in [1.165, 1.54) is 7.05 Å². The van der Waals surface area contributed by atoms with E-state index >= 15 is 0 Å². The molecule has 0 saturated heterocycles. The maximum atomic E-state index is 11.8. The van der Waals surface area contributed by atoms with Crippen LogP contribution in [0.3, 0.4) is 0 Å². The van der Waals surface area contributed by atoms with E-state index in [0.717, 1.165) is 20.5 Å². The predicted octanol–water partition coefficient (Wildman–Crippen LogP) is 2.21. The molecule has 0 amide bonds. The number of hydrogen-bond donors (Lipinski definition) is 4. The molecule has 29 heavy (non-hydrogen) atoms. The molecule has 1 aromatic heterocycles. The average molecular weight is 433 g/mol. The molecule has 0 radical (unpaired) electrons. The van der Waals surface area contributed by atoms with Gasteiger partial charge in [-0.05, 0) is 42.3 Å². The van der Waals surface area contributed by atoms with Crippen molar-refractivity contribution in [1.29, 1.82) is 0 Å². The van der Waals surface area contributed by atoms with Gasteiger partial charge in [0.25, 0.3) is 0 Å². The lowest BCUT2D eigenvalue weighted by atomic mass is 10.2. The molecule has 4 N–H and O–H groups in total. The minimum atomic E-state index is -3.44. The van der Waals surface area contributed by atoms with Crippen molar-refractivity contribution in [3.05, 3.63) is 65.0 Å². The van der Waals surface area contributed by atoms with Crippen LogP contribution < -0.4 is 15.4 Å². The van der Waals surface area contributed by atoms with Gasteiger partial charge in [0.05, 0.1) is 4.90 Å². The van der Waals surface area contributed by atoms with Crippen LogP contribution >= 0.6 is 11.3 Å². The number of sulfonamides is 1. The highest BCUT2D eigenvalue weighted by Gasteiger charge is 2.13. The first kappa shape index (κ1) is 21.3. The van der Waals surface area contributed by atoms with Crippen molar-refractivity contribution < 1.29 is 13.5 Å². The smallest absolute Gasteiger partial charge is 0.240 e. The molecule has 9 heteroatoms. The van der Waals surface area contributed by atoms with Crippen LogP contribution in [0.25, 0.3) is 10.1 Å². The van der Waals surface area contributed by atoms with Gasteiger partial charge in [-0.2, -0.15) is 0 Å². The fourth-order valence-electron chi connectivity index (χ4n) is 2.77. The highest BCUT2D eigenvalue weighted by atomic mass is 32.2. The number of aliphatic imine (C=N–C) groups is 1. The molecular formula is C20H24N4O3S2. The number of hydrogen-bond acceptors (Lipinski definition) is 5. The molecule has 1 unspecified atom stereocenters. The number of rotatable bonds is 7. The molecule has 0 aliphatic heterocycles. The summed E-state index contributed by atoms with van der Waals surface area (Å²) in [6, 6.07) is 16.7. The molecule has 154 valence electrons. The molecule has 1 heterocycles. The van der Waals surface area contributed by atoms with E-state index in [1.54, 1.807) is 42.6 Å².